The molecular weight excluding hydrogens is 316 g/mol. The molecule has 0 fully saturated rings. The van der Waals surface area contributed by atoms with Gasteiger partial charge in [-0.15, -0.1) is 0 Å². The maximum atomic E-state index is 11.4. The van der Waals surface area contributed by atoms with Crippen LogP contribution >= 0.6 is 0 Å². The van der Waals surface area contributed by atoms with Crippen molar-refractivity contribution in [3.8, 4) is 11.1 Å². The van der Waals surface area contributed by atoms with Crippen molar-refractivity contribution in [2.24, 2.45) is 11.1 Å². The van der Waals surface area contributed by atoms with Gasteiger partial charge in [0.15, 0.2) is 0 Å². The monoisotopic (exact) mass is 340 g/mol. The minimum atomic E-state index is -0.472. The van der Waals surface area contributed by atoms with E-state index in [2.05, 4.69) is 41.6 Å². The first kappa shape index (κ1) is 18.7. The van der Waals surface area contributed by atoms with E-state index in [-0.39, 0.29) is 12.3 Å². The van der Waals surface area contributed by atoms with E-state index in [1.807, 2.05) is 18.2 Å². The summed E-state index contributed by atoms with van der Waals surface area (Å²) < 4.78 is 0. The van der Waals surface area contributed by atoms with Crippen molar-refractivity contribution < 1.29 is 15.2 Å². The molecule has 5 nitrogen and oxygen atoms in total. The molecule has 0 bridgehead atoms. The second kappa shape index (κ2) is 9.59. The molecule has 25 heavy (non-hydrogen) atoms. The SMILES string of the molecule is CC(=NO)C(CCCc1ccc(-c2ccccc2)cc1)CC(=O)NO. The number of nitrogens with one attached hydrogen (secondary N) is 1. The first-order valence-corrected chi connectivity index (χ1v) is 8.40. The molecular formula is C20H24N2O3. The van der Waals surface area contributed by atoms with E-state index < -0.39 is 5.91 Å². The topological polar surface area (TPSA) is 81.9 Å². The van der Waals surface area contributed by atoms with Gasteiger partial charge in [-0.05, 0) is 42.9 Å². The van der Waals surface area contributed by atoms with Crippen LogP contribution < -0.4 is 5.48 Å². The van der Waals surface area contributed by atoms with Crippen molar-refractivity contribution in [3.63, 3.8) is 0 Å². The fourth-order valence-electron chi connectivity index (χ4n) is 2.86. The summed E-state index contributed by atoms with van der Waals surface area (Å²) in [5.41, 5.74) is 5.74. The quantitative estimate of drug-likeness (QED) is 0.293. The van der Waals surface area contributed by atoms with E-state index in [9.17, 15) is 4.79 Å². The number of nitrogens with zero attached hydrogens (tertiary/aromatic N) is 1. The van der Waals surface area contributed by atoms with Crippen LogP contribution in [0.4, 0.5) is 0 Å². The third-order valence-electron chi connectivity index (χ3n) is 4.38. The molecule has 0 radical (unpaired) electrons. The highest BCUT2D eigenvalue weighted by atomic mass is 16.5. The van der Waals surface area contributed by atoms with Crippen LogP contribution in [0.15, 0.2) is 59.8 Å². The summed E-state index contributed by atoms with van der Waals surface area (Å²) in [4.78, 5) is 11.4. The Morgan fingerprint density at radius 2 is 1.72 bits per heavy atom. The van der Waals surface area contributed by atoms with Crippen molar-refractivity contribution >= 4 is 11.6 Å². The smallest absolute Gasteiger partial charge is 0.243 e. The lowest BCUT2D eigenvalue weighted by Gasteiger charge is -2.14. The number of carbonyl (C=O) groups is 1. The standard InChI is InChI=1S/C20H24N2O3/c1-15(21-24)19(14-20(23)22-25)9-5-6-16-10-12-18(13-11-16)17-7-3-2-4-8-17/h2-4,7-8,10-13,19,24-25H,5-6,9,14H2,1H3,(H,22,23). The number of rotatable bonds is 8. The molecule has 0 aliphatic carbocycles. The predicted molar refractivity (Wildman–Crippen MR) is 97.7 cm³/mol. The summed E-state index contributed by atoms with van der Waals surface area (Å²) in [5, 5.41) is 20.8. The van der Waals surface area contributed by atoms with E-state index in [0.29, 0.717) is 12.1 Å². The molecule has 5 heteroatoms. The fourth-order valence-corrected chi connectivity index (χ4v) is 2.86. The van der Waals surface area contributed by atoms with E-state index in [0.717, 1.165) is 12.8 Å². The van der Waals surface area contributed by atoms with Gasteiger partial charge >= 0.3 is 0 Å². The second-order valence-corrected chi connectivity index (χ2v) is 6.13. The Morgan fingerprint density at radius 3 is 2.32 bits per heavy atom. The number of amides is 1. The fraction of sp³-hybridized carbons (Fsp3) is 0.300. The van der Waals surface area contributed by atoms with E-state index in [1.165, 1.54) is 16.7 Å². The lowest BCUT2D eigenvalue weighted by molar-refractivity contribution is -0.129. The van der Waals surface area contributed by atoms with Gasteiger partial charge in [0.1, 0.15) is 0 Å². The molecule has 2 aromatic rings. The number of hydroxylamine groups is 1. The average molecular weight is 340 g/mol. The van der Waals surface area contributed by atoms with Gasteiger partial charge in [-0.3, -0.25) is 10.0 Å². The number of hydrogen-bond donors (Lipinski definition) is 3. The summed E-state index contributed by atoms with van der Waals surface area (Å²) in [6.07, 6.45) is 2.56. The molecule has 0 saturated carbocycles. The molecule has 0 spiro atoms. The first-order valence-electron chi connectivity index (χ1n) is 8.40. The third-order valence-corrected chi connectivity index (χ3v) is 4.38. The van der Waals surface area contributed by atoms with Crippen molar-refractivity contribution in [3.05, 3.63) is 60.2 Å². The van der Waals surface area contributed by atoms with Gasteiger partial charge in [0.05, 0.1) is 5.71 Å². The lowest BCUT2D eigenvalue weighted by atomic mass is 9.92. The van der Waals surface area contributed by atoms with Gasteiger partial charge < -0.3 is 5.21 Å². The van der Waals surface area contributed by atoms with Crippen LogP contribution in [0.3, 0.4) is 0 Å². The molecule has 2 rings (SSSR count). The Hall–Kier alpha value is -2.66. The largest absolute Gasteiger partial charge is 0.411 e. The van der Waals surface area contributed by atoms with Gasteiger partial charge in [-0.1, -0.05) is 59.8 Å². The number of aryl methyl sites for hydroxylation is 1. The Morgan fingerprint density at radius 1 is 1.08 bits per heavy atom. The number of oxime groups is 1. The molecule has 2 aromatic carbocycles. The highest BCUT2D eigenvalue weighted by Gasteiger charge is 2.17. The van der Waals surface area contributed by atoms with Crippen molar-refractivity contribution in [2.75, 3.05) is 0 Å². The zero-order valence-corrected chi connectivity index (χ0v) is 14.4. The van der Waals surface area contributed by atoms with Crippen LogP contribution in [0, 0.1) is 5.92 Å². The normalized spacial score (nSPS) is 12.6. The summed E-state index contributed by atoms with van der Waals surface area (Å²) in [6, 6.07) is 18.7. The van der Waals surface area contributed by atoms with Gasteiger partial charge in [0.2, 0.25) is 5.91 Å². The minimum absolute atomic E-state index is 0.110. The molecule has 1 amide bonds. The Labute approximate surface area is 148 Å². The molecule has 0 aromatic heterocycles. The van der Waals surface area contributed by atoms with E-state index >= 15 is 0 Å². The molecule has 1 unspecified atom stereocenters. The van der Waals surface area contributed by atoms with Crippen LogP contribution in [-0.2, 0) is 11.2 Å². The zero-order valence-electron chi connectivity index (χ0n) is 14.4. The van der Waals surface area contributed by atoms with Gasteiger partial charge in [0.25, 0.3) is 0 Å². The third kappa shape index (κ3) is 5.72. The van der Waals surface area contributed by atoms with Crippen molar-refractivity contribution in [2.45, 2.75) is 32.6 Å². The molecule has 0 heterocycles. The lowest BCUT2D eigenvalue weighted by Crippen LogP contribution is -2.25. The van der Waals surface area contributed by atoms with Crippen LogP contribution in [0.1, 0.15) is 31.7 Å². The van der Waals surface area contributed by atoms with Gasteiger partial charge in [-0.2, -0.15) is 0 Å². The minimum Gasteiger partial charge on any atom is -0.411 e. The number of carbonyl (C=O) groups excluding carboxylic acids is 1. The van der Waals surface area contributed by atoms with Gasteiger partial charge in [-0.25, -0.2) is 5.48 Å². The van der Waals surface area contributed by atoms with E-state index in [1.54, 1.807) is 12.4 Å². The summed E-state index contributed by atoms with van der Waals surface area (Å²) in [6.45, 7) is 1.68. The predicted octanol–water partition coefficient (Wildman–Crippen LogP) is 4.04. The molecule has 1 atom stereocenters. The summed E-state index contributed by atoms with van der Waals surface area (Å²) >= 11 is 0. The maximum absolute atomic E-state index is 11.4. The molecule has 0 saturated heterocycles. The Kier molecular flexibility index (Phi) is 7.16. The first-order chi connectivity index (χ1) is 12.1. The van der Waals surface area contributed by atoms with Crippen molar-refractivity contribution in [1.29, 1.82) is 0 Å². The Balaban J connectivity index is 1.90. The van der Waals surface area contributed by atoms with E-state index in [4.69, 9.17) is 10.4 Å². The molecule has 0 aliphatic rings. The van der Waals surface area contributed by atoms with Crippen molar-refractivity contribution in [1.82, 2.24) is 5.48 Å². The Bertz CT molecular complexity index is 697. The van der Waals surface area contributed by atoms with Gasteiger partial charge in [0, 0.05) is 12.3 Å². The summed E-state index contributed by atoms with van der Waals surface area (Å²) in [5.74, 6) is -0.652. The molecule has 0 aliphatic heterocycles. The number of benzene rings is 2. The second-order valence-electron chi connectivity index (χ2n) is 6.13. The molecule has 3 N–H and O–H groups in total. The van der Waals surface area contributed by atoms with Crippen LogP contribution in [-0.4, -0.2) is 22.0 Å². The zero-order chi connectivity index (χ0) is 18.1. The highest BCUT2D eigenvalue weighted by molar-refractivity contribution is 5.88. The van der Waals surface area contributed by atoms with Crippen LogP contribution in [0.2, 0.25) is 0 Å². The van der Waals surface area contributed by atoms with Crippen LogP contribution in [0.5, 0.6) is 0 Å². The number of hydrogen-bond acceptors (Lipinski definition) is 4. The molecule has 132 valence electrons. The summed E-state index contributed by atoms with van der Waals surface area (Å²) in [7, 11) is 0. The average Bonchev–Trinajstić information content (AvgIpc) is 2.67. The van der Waals surface area contributed by atoms with Crippen LogP contribution in [0.25, 0.3) is 11.1 Å². The highest BCUT2D eigenvalue weighted by Crippen LogP contribution is 2.21. The maximum Gasteiger partial charge on any atom is 0.243 e.